The van der Waals surface area contributed by atoms with Crippen LogP contribution in [0.3, 0.4) is 0 Å². The predicted octanol–water partition coefficient (Wildman–Crippen LogP) is 1.50. The minimum absolute atomic E-state index is 0.114. The first-order chi connectivity index (χ1) is 7.13. The first kappa shape index (κ1) is 11.5. The van der Waals surface area contributed by atoms with Crippen molar-refractivity contribution in [1.29, 1.82) is 0 Å². The topological polar surface area (TPSA) is 44.4 Å². The molecule has 0 aliphatic rings. The van der Waals surface area contributed by atoms with Crippen molar-refractivity contribution in [2.75, 3.05) is 26.5 Å². The lowest BCUT2D eigenvalue weighted by atomic mass is 10.2. The molecule has 0 saturated heterocycles. The molecule has 0 unspecified atom stereocenters. The first-order valence-electron chi connectivity index (χ1n) is 4.85. The molecule has 4 nitrogen and oxygen atoms in total. The van der Waals surface area contributed by atoms with Crippen LogP contribution in [0, 0.1) is 0 Å². The van der Waals surface area contributed by atoms with Gasteiger partial charge in [-0.25, -0.2) is 4.79 Å². The Hall–Kier alpha value is -1.55. The molecule has 1 aromatic rings. The van der Waals surface area contributed by atoms with Crippen LogP contribution in [-0.2, 0) is 6.54 Å². The maximum Gasteiger partial charge on any atom is 0.321 e. The summed E-state index contributed by atoms with van der Waals surface area (Å²) >= 11 is 0. The number of amides is 2. The molecule has 15 heavy (non-hydrogen) atoms. The third-order valence-electron chi connectivity index (χ3n) is 1.99. The fraction of sp³-hybridized carbons (Fsp3) is 0.364. The van der Waals surface area contributed by atoms with Crippen molar-refractivity contribution in [2.24, 2.45) is 0 Å². The lowest BCUT2D eigenvalue weighted by Crippen LogP contribution is -2.27. The number of hydrogen-bond donors (Lipinski definition) is 2. The Morgan fingerprint density at radius 1 is 1.27 bits per heavy atom. The molecular formula is C11H17N3O. The van der Waals surface area contributed by atoms with Crippen LogP contribution in [0.4, 0.5) is 10.5 Å². The molecule has 0 heterocycles. The second-order valence-electron chi connectivity index (χ2n) is 3.55. The van der Waals surface area contributed by atoms with E-state index >= 15 is 0 Å². The van der Waals surface area contributed by atoms with Crippen molar-refractivity contribution < 1.29 is 4.79 Å². The van der Waals surface area contributed by atoms with Crippen LogP contribution in [0.5, 0.6) is 0 Å². The highest BCUT2D eigenvalue weighted by Gasteiger charge is 2.02. The summed E-state index contributed by atoms with van der Waals surface area (Å²) in [4.78, 5) is 12.8. The van der Waals surface area contributed by atoms with E-state index in [4.69, 9.17) is 0 Å². The molecule has 0 aromatic heterocycles. The highest BCUT2D eigenvalue weighted by Crippen LogP contribution is 2.09. The number of benzene rings is 1. The lowest BCUT2D eigenvalue weighted by Gasteiger charge is -2.12. The minimum atomic E-state index is -0.114. The fourth-order valence-electron chi connectivity index (χ4n) is 1.15. The number of hydrogen-bond acceptors (Lipinski definition) is 2. The van der Waals surface area contributed by atoms with E-state index in [2.05, 4.69) is 10.6 Å². The van der Waals surface area contributed by atoms with E-state index in [-0.39, 0.29) is 6.03 Å². The molecule has 0 spiro atoms. The maximum atomic E-state index is 11.3. The van der Waals surface area contributed by atoms with Crippen LogP contribution in [0.2, 0.25) is 0 Å². The van der Waals surface area contributed by atoms with E-state index in [9.17, 15) is 4.79 Å². The molecule has 1 aromatic carbocycles. The monoisotopic (exact) mass is 207 g/mol. The molecule has 0 fully saturated rings. The summed E-state index contributed by atoms with van der Waals surface area (Å²) in [6.45, 7) is 0.835. The molecule has 2 N–H and O–H groups in total. The predicted molar refractivity (Wildman–Crippen MR) is 61.9 cm³/mol. The van der Waals surface area contributed by atoms with Gasteiger partial charge in [0.05, 0.1) is 0 Å². The number of carbonyl (C=O) groups is 1. The van der Waals surface area contributed by atoms with Crippen LogP contribution >= 0.6 is 0 Å². The van der Waals surface area contributed by atoms with Gasteiger partial charge in [-0.15, -0.1) is 0 Å². The van der Waals surface area contributed by atoms with Gasteiger partial charge in [0.1, 0.15) is 0 Å². The highest BCUT2D eigenvalue weighted by atomic mass is 16.2. The van der Waals surface area contributed by atoms with Gasteiger partial charge < -0.3 is 15.5 Å². The molecule has 0 saturated carbocycles. The average Bonchev–Trinajstić information content (AvgIpc) is 2.21. The zero-order valence-corrected chi connectivity index (χ0v) is 9.37. The summed E-state index contributed by atoms with van der Waals surface area (Å²) in [5.41, 5.74) is 2.01. The standard InChI is InChI=1S/C11H17N3O/c1-12-8-9-4-6-10(7-5-9)13-11(15)14(2)3/h4-7,12H,8H2,1-3H3,(H,13,15). The summed E-state index contributed by atoms with van der Waals surface area (Å²) < 4.78 is 0. The summed E-state index contributed by atoms with van der Waals surface area (Å²) in [5, 5.41) is 5.84. The van der Waals surface area contributed by atoms with Crippen LogP contribution in [0.25, 0.3) is 0 Å². The molecule has 0 radical (unpaired) electrons. The van der Waals surface area contributed by atoms with E-state index in [1.54, 1.807) is 14.1 Å². The average molecular weight is 207 g/mol. The molecule has 82 valence electrons. The van der Waals surface area contributed by atoms with Gasteiger partial charge >= 0.3 is 6.03 Å². The lowest BCUT2D eigenvalue weighted by molar-refractivity contribution is 0.230. The SMILES string of the molecule is CNCc1ccc(NC(=O)N(C)C)cc1. The Kier molecular flexibility index (Phi) is 4.12. The van der Waals surface area contributed by atoms with Crippen LogP contribution in [0.15, 0.2) is 24.3 Å². The number of rotatable bonds is 3. The van der Waals surface area contributed by atoms with Gasteiger partial charge in [0, 0.05) is 26.3 Å². The van der Waals surface area contributed by atoms with Crippen molar-refractivity contribution in [3.63, 3.8) is 0 Å². The molecular weight excluding hydrogens is 190 g/mol. The Morgan fingerprint density at radius 2 is 1.87 bits per heavy atom. The maximum absolute atomic E-state index is 11.3. The van der Waals surface area contributed by atoms with E-state index < -0.39 is 0 Å². The first-order valence-corrected chi connectivity index (χ1v) is 4.85. The van der Waals surface area contributed by atoms with Gasteiger partial charge in [-0.1, -0.05) is 12.1 Å². The summed E-state index contributed by atoms with van der Waals surface area (Å²) in [6, 6.07) is 7.66. The number of carbonyl (C=O) groups excluding carboxylic acids is 1. The largest absolute Gasteiger partial charge is 0.331 e. The van der Waals surface area contributed by atoms with Gasteiger partial charge in [0.25, 0.3) is 0 Å². The van der Waals surface area contributed by atoms with Crippen LogP contribution < -0.4 is 10.6 Å². The second kappa shape index (κ2) is 5.36. The van der Waals surface area contributed by atoms with Gasteiger partial charge in [0.15, 0.2) is 0 Å². The van der Waals surface area contributed by atoms with Crippen molar-refractivity contribution in [1.82, 2.24) is 10.2 Å². The third-order valence-corrected chi connectivity index (χ3v) is 1.99. The molecule has 4 heteroatoms. The third kappa shape index (κ3) is 3.59. The second-order valence-corrected chi connectivity index (χ2v) is 3.55. The van der Waals surface area contributed by atoms with E-state index in [1.165, 1.54) is 10.5 Å². The smallest absolute Gasteiger partial charge is 0.321 e. The van der Waals surface area contributed by atoms with Crippen LogP contribution in [-0.4, -0.2) is 32.1 Å². The van der Waals surface area contributed by atoms with Crippen molar-refractivity contribution in [3.05, 3.63) is 29.8 Å². The number of urea groups is 1. The summed E-state index contributed by atoms with van der Waals surface area (Å²) in [6.07, 6.45) is 0. The molecule has 0 aliphatic carbocycles. The van der Waals surface area contributed by atoms with Gasteiger partial charge in [-0.3, -0.25) is 0 Å². The number of nitrogens with one attached hydrogen (secondary N) is 2. The van der Waals surface area contributed by atoms with Crippen molar-refractivity contribution in [3.8, 4) is 0 Å². The Bertz CT molecular complexity index is 319. The fourth-order valence-corrected chi connectivity index (χ4v) is 1.15. The van der Waals surface area contributed by atoms with E-state index in [0.29, 0.717) is 0 Å². The highest BCUT2D eigenvalue weighted by molar-refractivity contribution is 5.88. The van der Waals surface area contributed by atoms with Gasteiger partial charge in [-0.2, -0.15) is 0 Å². The van der Waals surface area contributed by atoms with Gasteiger partial charge in [-0.05, 0) is 24.7 Å². The molecule has 2 amide bonds. The van der Waals surface area contributed by atoms with E-state index in [0.717, 1.165) is 12.2 Å². The molecule has 0 aliphatic heterocycles. The molecule has 0 atom stereocenters. The Balaban J connectivity index is 2.60. The normalized spacial score (nSPS) is 9.80. The minimum Gasteiger partial charge on any atom is -0.331 e. The quantitative estimate of drug-likeness (QED) is 0.789. The number of anilines is 1. The summed E-state index contributed by atoms with van der Waals surface area (Å²) in [5.74, 6) is 0. The van der Waals surface area contributed by atoms with Gasteiger partial charge in [0.2, 0.25) is 0 Å². The Morgan fingerprint density at radius 3 is 2.33 bits per heavy atom. The zero-order valence-electron chi connectivity index (χ0n) is 9.37. The Labute approximate surface area is 90.3 Å². The summed E-state index contributed by atoms with van der Waals surface area (Å²) in [7, 11) is 5.33. The van der Waals surface area contributed by atoms with Crippen LogP contribution in [0.1, 0.15) is 5.56 Å². The number of nitrogens with zero attached hydrogens (tertiary/aromatic N) is 1. The van der Waals surface area contributed by atoms with Crippen molar-refractivity contribution >= 4 is 11.7 Å². The zero-order chi connectivity index (χ0) is 11.3. The molecule has 0 bridgehead atoms. The van der Waals surface area contributed by atoms with Crippen molar-refractivity contribution in [2.45, 2.75) is 6.54 Å². The molecule has 1 rings (SSSR count). The van der Waals surface area contributed by atoms with E-state index in [1.807, 2.05) is 31.3 Å².